The molecule has 0 aliphatic carbocycles. The third kappa shape index (κ3) is 5.61. The highest BCUT2D eigenvalue weighted by atomic mass is 35.5. The molecular weight excluding hydrogens is 340 g/mol. The fourth-order valence-electron chi connectivity index (χ4n) is 2.11. The largest absolute Gasteiger partial charge is 0.461 e. The zero-order valence-corrected chi connectivity index (χ0v) is 15.2. The van der Waals surface area contributed by atoms with Crippen molar-refractivity contribution in [2.24, 2.45) is 5.92 Å². The van der Waals surface area contributed by atoms with Crippen LogP contribution >= 0.6 is 11.6 Å². The normalized spacial score (nSPS) is 11.9. The standard InChI is InChI=1S/C20H21ClO4/c1-13(2)19(21)12-24-20(23)17-6-4-15(5-7-17)16-8-10-18(11-9-16)25-14(3)22/h4-11,13,19H,12H2,1-3H3. The fraction of sp³-hybridized carbons (Fsp3) is 0.300. The van der Waals surface area contributed by atoms with Gasteiger partial charge in [-0.15, -0.1) is 11.6 Å². The number of ether oxygens (including phenoxy) is 2. The molecule has 0 radical (unpaired) electrons. The maximum atomic E-state index is 12.0. The lowest BCUT2D eigenvalue weighted by molar-refractivity contribution is -0.131. The van der Waals surface area contributed by atoms with Gasteiger partial charge in [0, 0.05) is 6.92 Å². The summed E-state index contributed by atoms with van der Waals surface area (Å²) >= 11 is 6.09. The number of carbonyl (C=O) groups excluding carboxylic acids is 2. The molecule has 132 valence electrons. The third-order valence-corrected chi connectivity index (χ3v) is 4.30. The van der Waals surface area contributed by atoms with Gasteiger partial charge >= 0.3 is 11.9 Å². The molecule has 0 aromatic heterocycles. The van der Waals surface area contributed by atoms with Crippen LogP contribution in [0.15, 0.2) is 48.5 Å². The van der Waals surface area contributed by atoms with E-state index in [-0.39, 0.29) is 29.8 Å². The summed E-state index contributed by atoms with van der Waals surface area (Å²) in [6.45, 7) is 5.51. The van der Waals surface area contributed by atoms with Crippen molar-refractivity contribution in [2.45, 2.75) is 26.1 Å². The molecule has 0 amide bonds. The zero-order chi connectivity index (χ0) is 18.4. The number of halogens is 1. The lowest BCUT2D eigenvalue weighted by Crippen LogP contribution is -2.18. The number of benzene rings is 2. The molecule has 25 heavy (non-hydrogen) atoms. The van der Waals surface area contributed by atoms with Crippen LogP contribution < -0.4 is 4.74 Å². The van der Waals surface area contributed by atoms with E-state index in [9.17, 15) is 9.59 Å². The lowest BCUT2D eigenvalue weighted by Gasteiger charge is -2.13. The van der Waals surface area contributed by atoms with Crippen LogP contribution in [0.1, 0.15) is 31.1 Å². The van der Waals surface area contributed by atoms with Gasteiger partial charge in [0.05, 0.1) is 10.9 Å². The minimum Gasteiger partial charge on any atom is -0.461 e. The van der Waals surface area contributed by atoms with Crippen molar-refractivity contribution >= 4 is 23.5 Å². The Morgan fingerprint density at radius 1 is 0.960 bits per heavy atom. The zero-order valence-electron chi connectivity index (χ0n) is 14.5. The van der Waals surface area contributed by atoms with Crippen LogP contribution in [-0.4, -0.2) is 23.9 Å². The van der Waals surface area contributed by atoms with Crippen molar-refractivity contribution in [1.29, 1.82) is 0 Å². The van der Waals surface area contributed by atoms with Gasteiger partial charge in [0.25, 0.3) is 0 Å². The van der Waals surface area contributed by atoms with E-state index >= 15 is 0 Å². The number of hydrogen-bond donors (Lipinski definition) is 0. The number of esters is 2. The molecule has 0 N–H and O–H groups in total. The summed E-state index contributed by atoms with van der Waals surface area (Å²) < 4.78 is 10.2. The summed E-state index contributed by atoms with van der Waals surface area (Å²) in [6, 6.07) is 14.3. The topological polar surface area (TPSA) is 52.6 Å². The quantitative estimate of drug-likeness (QED) is 0.425. The smallest absolute Gasteiger partial charge is 0.338 e. The Morgan fingerprint density at radius 2 is 1.48 bits per heavy atom. The molecule has 0 spiro atoms. The first-order valence-corrected chi connectivity index (χ1v) is 8.50. The Hall–Kier alpha value is -2.33. The SMILES string of the molecule is CC(=O)Oc1ccc(-c2ccc(C(=O)OCC(Cl)C(C)C)cc2)cc1. The van der Waals surface area contributed by atoms with E-state index in [2.05, 4.69) is 0 Å². The van der Waals surface area contributed by atoms with Gasteiger partial charge in [-0.3, -0.25) is 4.79 Å². The van der Waals surface area contributed by atoms with E-state index in [0.29, 0.717) is 11.3 Å². The highest BCUT2D eigenvalue weighted by Gasteiger charge is 2.14. The fourth-order valence-corrected chi connectivity index (χ4v) is 2.17. The van der Waals surface area contributed by atoms with E-state index in [1.165, 1.54) is 6.92 Å². The molecule has 2 aromatic carbocycles. The Kier molecular flexibility index (Phi) is 6.59. The molecule has 0 aliphatic rings. The average Bonchev–Trinajstić information content (AvgIpc) is 2.59. The van der Waals surface area contributed by atoms with Crippen LogP contribution in [0.5, 0.6) is 5.75 Å². The van der Waals surface area contributed by atoms with E-state index in [1.54, 1.807) is 24.3 Å². The van der Waals surface area contributed by atoms with Crippen LogP contribution in [-0.2, 0) is 9.53 Å². The number of alkyl halides is 1. The predicted molar refractivity (Wildman–Crippen MR) is 97.9 cm³/mol. The first-order valence-electron chi connectivity index (χ1n) is 8.07. The molecule has 4 nitrogen and oxygen atoms in total. The van der Waals surface area contributed by atoms with Crippen LogP contribution in [0, 0.1) is 5.92 Å². The van der Waals surface area contributed by atoms with Gasteiger partial charge in [-0.1, -0.05) is 38.1 Å². The highest BCUT2D eigenvalue weighted by molar-refractivity contribution is 6.21. The van der Waals surface area contributed by atoms with Crippen molar-refractivity contribution in [3.05, 3.63) is 54.1 Å². The van der Waals surface area contributed by atoms with Gasteiger partial charge in [0.15, 0.2) is 0 Å². The number of carbonyl (C=O) groups is 2. The molecule has 0 heterocycles. The van der Waals surface area contributed by atoms with Gasteiger partial charge in [-0.2, -0.15) is 0 Å². The Morgan fingerprint density at radius 3 is 1.96 bits per heavy atom. The highest BCUT2D eigenvalue weighted by Crippen LogP contribution is 2.23. The van der Waals surface area contributed by atoms with E-state index in [4.69, 9.17) is 21.1 Å². The van der Waals surface area contributed by atoms with Crippen molar-refractivity contribution in [3.63, 3.8) is 0 Å². The van der Waals surface area contributed by atoms with Gasteiger partial charge in [0.2, 0.25) is 0 Å². The van der Waals surface area contributed by atoms with Crippen molar-refractivity contribution in [1.82, 2.24) is 0 Å². The van der Waals surface area contributed by atoms with Crippen molar-refractivity contribution in [3.8, 4) is 16.9 Å². The molecule has 1 unspecified atom stereocenters. The summed E-state index contributed by atoms with van der Waals surface area (Å²) in [5.74, 6) is -0.000603. The molecule has 0 saturated carbocycles. The second-order valence-electron chi connectivity index (χ2n) is 6.05. The monoisotopic (exact) mass is 360 g/mol. The van der Waals surface area contributed by atoms with Crippen LogP contribution in [0.4, 0.5) is 0 Å². The summed E-state index contributed by atoms with van der Waals surface area (Å²) in [4.78, 5) is 23.0. The van der Waals surface area contributed by atoms with Gasteiger partial charge in [0.1, 0.15) is 12.4 Å². The molecule has 2 aromatic rings. The van der Waals surface area contributed by atoms with Crippen LogP contribution in [0.25, 0.3) is 11.1 Å². The van der Waals surface area contributed by atoms with Crippen LogP contribution in [0.2, 0.25) is 0 Å². The minimum absolute atomic E-state index is 0.192. The van der Waals surface area contributed by atoms with Gasteiger partial charge in [-0.05, 0) is 41.3 Å². The number of rotatable bonds is 6. The summed E-state index contributed by atoms with van der Waals surface area (Å²) in [5.41, 5.74) is 2.38. The summed E-state index contributed by atoms with van der Waals surface area (Å²) in [7, 11) is 0. The van der Waals surface area contributed by atoms with Crippen LogP contribution in [0.3, 0.4) is 0 Å². The third-order valence-electron chi connectivity index (χ3n) is 3.67. The maximum absolute atomic E-state index is 12.0. The van der Waals surface area contributed by atoms with Gasteiger partial charge < -0.3 is 9.47 Å². The first kappa shape index (κ1) is 19.0. The molecule has 5 heteroatoms. The van der Waals surface area contributed by atoms with Crippen molar-refractivity contribution in [2.75, 3.05) is 6.61 Å². The second-order valence-corrected chi connectivity index (χ2v) is 6.61. The van der Waals surface area contributed by atoms with Crippen molar-refractivity contribution < 1.29 is 19.1 Å². The maximum Gasteiger partial charge on any atom is 0.338 e. The molecule has 2 rings (SSSR count). The molecule has 0 saturated heterocycles. The van der Waals surface area contributed by atoms with E-state index < -0.39 is 0 Å². The summed E-state index contributed by atoms with van der Waals surface area (Å²) in [5, 5.41) is -0.195. The predicted octanol–water partition coefficient (Wildman–Crippen LogP) is 4.70. The minimum atomic E-state index is -0.386. The molecular formula is C20H21ClO4. The molecule has 0 fully saturated rings. The van der Waals surface area contributed by atoms with Gasteiger partial charge in [-0.25, -0.2) is 4.79 Å². The average molecular weight is 361 g/mol. The summed E-state index contributed by atoms with van der Waals surface area (Å²) in [6.07, 6.45) is 0. The Balaban J connectivity index is 2.01. The van der Waals surface area contributed by atoms with E-state index in [1.807, 2.05) is 38.1 Å². The lowest BCUT2D eigenvalue weighted by atomic mass is 10.0. The second kappa shape index (κ2) is 8.67. The molecule has 0 bridgehead atoms. The Labute approximate surface area is 152 Å². The first-order chi connectivity index (χ1) is 11.9. The number of hydrogen-bond acceptors (Lipinski definition) is 4. The van der Waals surface area contributed by atoms with E-state index in [0.717, 1.165) is 11.1 Å². The Bertz CT molecular complexity index is 720. The molecule has 0 aliphatic heterocycles. The molecule has 1 atom stereocenters.